The molecule has 1 N–H and O–H groups in total. The molecule has 5 heteroatoms. The normalized spacial score (nSPS) is 16.7. The fraction of sp³-hybridized carbons (Fsp3) is 0.429. The summed E-state index contributed by atoms with van der Waals surface area (Å²) in [5.74, 6) is -0.0822. The first-order valence-corrected chi connectivity index (χ1v) is 9.43. The number of amides is 2. The highest BCUT2D eigenvalue weighted by atomic mass is 16.3. The van der Waals surface area contributed by atoms with Crippen molar-refractivity contribution in [2.75, 3.05) is 11.9 Å². The van der Waals surface area contributed by atoms with Gasteiger partial charge in [0.2, 0.25) is 5.91 Å². The van der Waals surface area contributed by atoms with E-state index in [1.807, 2.05) is 12.1 Å². The molecule has 1 aliphatic rings. The lowest BCUT2D eigenvalue weighted by Gasteiger charge is -2.23. The molecule has 2 aromatic rings. The minimum atomic E-state index is -0.447. The van der Waals surface area contributed by atoms with E-state index in [-0.39, 0.29) is 17.6 Å². The fourth-order valence-corrected chi connectivity index (χ4v) is 3.38. The van der Waals surface area contributed by atoms with Gasteiger partial charge >= 0.3 is 0 Å². The second kappa shape index (κ2) is 8.70. The highest BCUT2D eigenvalue weighted by molar-refractivity contribution is 6.00. The molecule has 0 spiro atoms. The molecule has 5 nitrogen and oxygen atoms in total. The van der Waals surface area contributed by atoms with E-state index in [9.17, 15) is 9.59 Å². The van der Waals surface area contributed by atoms with Crippen LogP contribution in [0, 0.1) is 0 Å². The van der Waals surface area contributed by atoms with Crippen LogP contribution < -0.4 is 5.32 Å². The lowest BCUT2D eigenvalue weighted by molar-refractivity contribution is -0.119. The number of carbonyl (C=O) groups is 2. The molecule has 0 bridgehead atoms. The maximum Gasteiger partial charge on any atom is 0.290 e. The summed E-state index contributed by atoms with van der Waals surface area (Å²) in [6, 6.07) is 10.9. The molecule has 0 saturated carbocycles. The molecule has 1 aliphatic heterocycles. The quantitative estimate of drug-likeness (QED) is 0.756. The van der Waals surface area contributed by atoms with Gasteiger partial charge in [-0.1, -0.05) is 31.9 Å². The van der Waals surface area contributed by atoms with E-state index < -0.39 is 6.04 Å². The summed E-state index contributed by atoms with van der Waals surface area (Å²) in [7, 11) is 0. The lowest BCUT2D eigenvalue weighted by Crippen LogP contribution is -2.43. The van der Waals surface area contributed by atoms with Gasteiger partial charge in [0.15, 0.2) is 5.76 Å². The number of nitrogens with one attached hydrogen (secondary N) is 1. The Bertz CT molecular complexity index is 722. The van der Waals surface area contributed by atoms with Crippen LogP contribution in [0.3, 0.4) is 0 Å². The van der Waals surface area contributed by atoms with E-state index in [0.29, 0.717) is 13.0 Å². The molecule has 1 fully saturated rings. The Labute approximate surface area is 154 Å². The van der Waals surface area contributed by atoms with Crippen LogP contribution >= 0.6 is 0 Å². The third-order valence-corrected chi connectivity index (χ3v) is 4.84. The smallest absolute Gasteiger partial charge is 0.290 e. The zero-order chi connectivity index (χ0) is 18.4. The molecular formula is C21H26N2O3. The first-order chi connectivity index (χ1) is 12.7. The molecule has 1 aromatic heterocycles. The largest absolute Gasteiger partial charge is 0.459 e. The van der Waals surface area contributed by atoms with Gasteiger partial charge in [0, 0.05) is 12.2 Å². The third kappa shape index (κ3) is 4.34. The van der Waals surface area contributed by atoms with E-state index in [0.717, 1.165) is 18.5 Å². The fourth-order valence-electron chi connectivity index (χ4n) is 3.38. The predicted molar refractivity (Wildman–Crippen MR) is 101 cm³/mol. The monoisotopic (exact) mass is 354 g/mol. The molecule has 2 amide bonds. The Balaban J connectivity index is 1.59. The predicted octanol–water partition coefficient (Wildman–Crippen LogP) is 4.26. The van der Waals surface area contributed by atoms with Crippen LogP contribution in [0.5, 0.6) is 0 Å². The zero-order valence-electron chi connectivity index (χ0n) is 15.2. The van der Waals surface area contributed by atoms with Gasteiger partial charge in [0.1, 0.15) is 6.04 Å². The molecule has 26 heavy (non-hydrogen) atoms. The van der Waals surface area contributed by atoms with Gasteiger partial charge in [-0.05, 0) is 55.5 Å². The topological polar surface area (TPSA) is 62.6 Å². The van der Waals surface area contributed by atoms with Crippen LogP contribution in [0.15, 0.2) is 47.1 Å². The maximum absolute atomic E-state index is 12.7. The molecule has 1 aromatic carbocycles. The highest BCUT2D eigenvalue weighted by Crippen LogP contribution is 2.22. The molecular weight excluding hydrogens is 328 g/mol. The van der Waals surface area contributed by atoms with Gasteiger partial charge in [0.05, 0.1) is 6.26 Å². The summed E-state index contributed by atoms with van der Waals surface area (Å²) in [4.78, 5) is 26.8. The lowest BCUT2D eigenvalue weighted by atomic mass is 10.1. The molecule has 2 heterocycles. The number of hydrogen-bond acceptors (Lipinski definition) is 3. The second-order valence-electron chi connectivity index (χ2n) is 6.78. The Morgan fingerprint density at radius 1 is 1.19 bits per heavy atom. The first kappa shape index (κ1) is 18.2. The van der Waals surface area contributed by atoms with Gasteiger partial charge in [-0.25, -0.2) is 0 Å². The number of nitrogens with zero attached hydrogens (tertiary/aromatic N) is 1. The molecule has 1 saturated heterocycles. The van der Waals surface area contributed by atoms with Gasteiger partial charge < -0.3 is 14.6 Å². The van der Waals surface area contributed by atoms with Crippen molar-refractivity contribution in [2.45, 2.75) is 51.5 Å². The average Bonchev–Trinajstić information content (AvgIpc) is 3.35. The van der Waals surface area contributed by atoms with Crippen LogP contribution in [0.4, 0.5) is 5.69 Å². The number of rotatable bonds is 7. The van der Waals surface area contributed by atoms with Crippen molar-refractivity contribution in [1.29, 1.82) is 0 Å². The van der Waals surface area contributed by atoms with Crippen molar-refractivity contribution in [3.8, 4) is 0 Å². The molecule has 3 rings (SSSR count). The minimum absolute atomic E-state index is 0.138. The average molecular weight is 354 g/mol. The maximum atomic E-state index is 12.7. The molecule has 138 valence electrons. The summed E-state index contributed by atoms with van der Waals surface area (Å²) in [6.45, 7) is 2.77. The summed E-state index contributed by atoms with van der Waals surface area (Å²) < 4.78 is 5.18. The molecule has 0 aliphatic carbocycles. The zero-order valence-corrected chi connectivity index (χ0v) is 15.2. The highest BCUT2D eigenvalue weighted by Gasteiger charge is 2.35. The summed E-state index contributed by atoms with van der Waals surface area (Å²) in [5, 5.41) is 2.95. The van der Waals surface area contributed by atoms with Gasteiger partial charge in [-0.2, -0.15) is 0 Å². The Hall–Kier alpha value is -2.56. The molecule has 0 unspecified atom stereocenters. The van der Waals surface area contributed by atoms with Gasteiger partial charge in [-0.15, -0.1) is 0 Å². The minimum Gasteiger partial charge on any atom is -0.459 e. The van der Waals surface area contributed by atoms with Crippen LogP contribution in [0.25, 0.3) is 0 Å². The number of likely N-dealkylation sites (tertiary alicyclic amines) is 1. The van der Waals surface area contributed by atoms with Crippen molar-refractivity contribution < 1.29 is 14.0 Å². The standard InChI is InChI=1S/C21H26N2O3/c1-2-3-4-7-16-10-12-17(13-11-16)22-20(24)18-8-5-14-23(18)21(25)19-9-6-15-26-19/h6,9-13,15,18H,2-5,7-8,14H2,1H3,(H,22,24)/t18-/m0/s1. The first-order valence-electron chi connectivity index (χ1n) is 9.43. The van der Waals surface area contributed by atoms with Crippen molar-refractivity contribution in [1.82, 2.24) is 4.90 Å². The van der Waals surface area contributed by atoms with Crippen molar-refractivity contribution >= 4 is 17.5 Å². The Kier molecular flexibility index (Phi) is 6.10. The SMILES string of the molecule is CCCCCc1ccc(NC(=O)[C@@H]2CCCN2C(=O)c2ccco2)cc1. The van der Waals surface area contributed by atoms with Crippen molar-refractivity contribution in [2.24, 2.45) is 0 Å². The van der Waals surface area contributed by atoms with Crippen LogP contribution in [0.2, 0.25) is 0 Å². The number of unbranched alkanes of at least 4 members (excludes halogenated alkanes) is 2. The van der Waals surface area contributed by atoms with E-state index in [4.69, 9.17) is 4.42 Å². The Morgan fingerprint density at radius 2 is 2.00 bits per heavy atom. The number of carbonyl (C=O) groups excluding carboxylic acids is 2. The van der Waals surface area contributed by atoms with Crippen molar-refractivity contribution in [3.63, 3.8) is 0 Å². The third-order valence-electron chi connectivity index (χ3n) is 4.84. The van der Waals surface area contributed by atoms with E-state index >= 15 is 0 Å². The van der Waals surface area contributed by atoms with E-state index in [1.165, 1.54) is 31.1 Å². The van der Waals surface area contributed by atoms with Crippen LogP contribution in [-0.4, -0.2) is 29.3 Å². The van der Waals surface area contributed by atoms with E-state index in [2.05, 4.69) is 24.4 Å². The summed E-state index contributed by atoms with van der Waals surface area (Å²) in [6.07, 6.45) is 7.67. The number of furan rings is 1. The van der Waals surface area contributed by atoms with Crippen LogP contribution in [0.1, 0.15) is 55.1 Å². The summed E-state index contributed by atoms with van der Waals surface area (Å²) >= 11 is 0. The molecule has 0 radical (unpaired) electrons. The number of hydrogen-bond donors (Lipinski definition) is 1. The van der Waals surface area contributed by atoms with Gasteiger partial charge in [-0.3, -0.25) is 9.59 Å². The molecule has 1 atom stereocenters. The van der Waals surface area contributed by atoms with E-state index in [1.54, 1.807) is 17.0 Å². The number of aryl methyl sites for hydroxylation is 1. The Morgan fingerprint density at radius 3 is 2.69 bits per heavy atom. The number of benzene rings is 1. The number of anilines is 1. The van der Waals surface area contributed by atoms with Crippen molar-refractivity contribution in [3.05, 3.63) is 54.0 Å². The van der Waals surface area contributed by atoms with Gasteiger partial charge in [0.25, 0.3) is 5.91 Å². The van der Waals surface area contributed by atoms with Crippen LogP contribution in [-0.2, 0) is 11.2 Å². The second-order valence-corrected chi connectivity index (χ2v) is 6.78. The summed E-state index contributed by atoms with van der Waals surface area (Å²) in [5.41, 5.74) is 2.05.